The van der Waals surface area contributed by atoms with E-state index >= 15 is 0 Å². The summed E-state index contributed by atoms with van der Waals surface area (Å²) in [5.41, 5.74) is 0.379. The first kappa shape index (κ1) is 22.4. The maximum atomic E-state index is 13.3. The zero-order valence-corrected chi connectivity index (χ0v) is 17.1. The van der Waals surface area contributed by atoms with Crippen LogP contribution in [0, 0.1) is 5.82 Å². The lowest BCUT2D eigenvalue weighted by molar-refractivity contribution is -0.125. The molecule has 0 bridgehead atoms. The maximum absolute atomic E-state index is 13.3. The number of halogens is 1. The molecule has 8 nitrogen and oxygen atoms in total. The van der Waals surface area contributed by atoms with Gasteiger partial charge in [-0.1, -0.05) is 6.07 Å². The molecule has 0 radical (unpaired) electrons. The highest BCUT2D eigenvalue weighted by Gasteiger charge is 2.22. The summed E-state index contributed by atoms with van der Waals surface area (Å²) in [6.45, 7) is 0.817. The van der Waals surface area contributed by atoms with Gasteiger partial charge in [0.05, 0.1) is 6.10 Å². The Morgan fingerprint density at radius 2 is 1.90 bits per heavy atom. The van der Waals surface area contributed by atoms with Crippen LogP contribution >= 0.6 is 0 Å². The van der Waals surface area contributed by atoms with Crippen molar-refractivity contribution in [3.8, 4) is 0 Å². The van der Waals surface area contributed by atoms with Crippen LogP contribution in [0.4, 0.5) is 15.9 Å². The van der Waals surface area contributed by atoms with Gasteiger partial charge in [-0.2, -0.15) is 0 Å². The third-order valence-electron chi connectivity index (χ3n) is 4.79. The summed E-state index contributed by atoms with van der Waals surface area (Å²) in [7, 11) is 0. The zero-order valence-electron chi connectivity index (χ0n) is 17.1. The summed E-state index contributed by atoms with van der Waals surface area (Å²) >= 11 is 0. The molecule has 164 valence electrons. The van der Waals surface area contributed by atoms with Gasteiger partial charge >= 0.3 is 0 Å². The summed E-state index contributed by atoms with van der Waals surface area (Å²) in [6.07, 6.45) is 3.17. The molecule has 1 aliphatic rings. The first-order valence-electron chi connectivity index (χ1n) is 10.2. The summed E-state index contributed by atoms with van der Waals surface area (Å²) in [5, 5.41) is 5.38. The van der Waals surface area contributed by atoms with Gasteiger partial charge in [0.15, 0.2) is 0 Å². The molecule has 0 spiro atoms. The average molecular weight is 428 g/mol. The van der Waals surface area contributed by atoms with Crippen LogP contribution in [-0.2, 0) is 19.1 Å². The average Bonchev–Trinajstić information content (AvgIpc) is 3.30. The highest BCUT2D eigenvalue weighted by molar-refractivity contribution is 6.01. The van der Waals surface area contributed by atoms with E-state index in [0.29, 0.717) is 24.7 Å². The van der Waals surface area contributed by atoms with Crippen molar-refractivity contribution in [1.29, 1.82) is 0 Å². The number of hydrogen-bond acceptors (Lipinski definition) is 5. The zero-order chi connectivity index (χ0) is 22.1. The van der Waals surface area contributed by atoms with E-state index in [2.05, 4.69) is 15.6 Å². The van der Waals surface area contributed by atoms with Crippen molar-refractivity contribution in [2.24, 2.45) is 0 Å². The van der Waals surface area contributed by atoms with Gasteiger partial charge in [0, 0.05) is 37.9 Å². The fourth-order valence-electron chi connectivity index (χ4n) is 3.17. The molecule has 2 heterocycles. The number of nitrogens with one attached hydrogen (secondary N) is 2. The van der Waals surface area contributed by atoms with E-state index in [0.717, 1.165) is 12.8 Å². The lowest BCUT2D eigenvalue weighted by Gasteiger charge is -2.23. The van der Waals surface area contributed by atoms with E-state index in [1.165, 1.54) is 29.2 Å². The number of hydrogen-bond donors (Lipinski definition) is 2. The standard InChI is InChI=1S/C22H25FN4O4/c23-16-6-8-17(9-7-16)27(15-21(29)25-14-18-4-3-13-31-18)22(30)11-10-20(28)26-19-5-1-2-12-24-19/h1-2,5-9,12,18H,3-4,10-11,13-15H2,(H,25,29)(H,24,26,28). The van der Waals surface area contributed by atoms with E-state index in [-0.39, 0.29) is 37.3 Å². The number of carbonyl (C=O) groups excluding carboxylic acids is 3. The van der Waals surface area contributed by atoms with Crippen LogP contribution in [0.5, 0.6) is 0 Å². The number of ether oxygens (including phenoxy) is 1. The molecule has 0 saturated carbocycles. The van der Waals surface area contributed by atoms with E-state index in [1.807, 2.05) is 0 Å². The first-order valence-corrected chi connectivity index (χ1v) is 10.2. The summed E-state index contributed by atoms with van der Waals surface area (Å²) in [6, 6.07) is 10.4. The number of amides is 3. The second-order valence-electron chi connectivity index (χ2n) is 7.16. The van der Waals surface area contributed by atoms with Crippen LogP contribution in [0.2, 0.25) is 0 Å². The molecular weight excluding hydrogens is 403 g/mol. The smallest absolute Gasteiger partial charge is 0.240 e. The number of pyridine rings is 1. The van der Waals surface area contributed by atoms with E-state index in [9.17, 15) is 18.8 Å². The molecule has 1 aromatic heterocycles. The third kappa shape index (κ3) is 7.14. The SMILES string of the molecule is O=C(CN(C(=O)CCC(=O)Nc1ccccn1)c1ccc(F)cc1)NCC1CCCO1. The third-order valence-corrected chi connectivity index (χ3v) is 4.79. The van der Waals surface area contributed by atoms with Crippen LogP contribution in [0.25, 0.3) is 0 Å². The van der Waals surface area contributed by atoms with Crippen LogP contribution in [0.1, 0.15) is 25.7 Å². The molecule has 1 saturated heterocycles. The van der Waals surface area contributed by atoms with Gasteiger partial charge in [0.1, 0.15) is 18.2 Å². The fraction of sp³-hybridized carbons (Fsp3) is 0.364. The second-order valence-corrected chi connectivity index (χ2v) is 7.16. The molecule has 1 aliphatic heterocycles. The molecule has 0 aliphatic carbocycles. The van der Waals surface area contributed by atoms with Crippen molar-refractivity contribution in [2.45, 2.75) is 31.8 Å². The van der Waals surface area contributed by atoms with Crippen LogP contribution in [0.3, 0.4) is 0 Å². The van der Waals surface area contributed by atoms with Gasteiger partial charge in [-0.25, -0.2) is 9.37 Å². The van der Waals surface area contributed by atoms with Crippen molar-refractivity contribution in [3.63, 3.8) is 0 Å². The normalized spacial score (nSPS) is 15.3. The van der Waals surface area contributed by atoms with Crippen molar-refractivity contribution < 1.29 is 23.5 Å². The monoisotopic (exact) mass is 428 g/mol. The highest BCUT2D eigenvalue weighted by Crippen LogP contribution is 2.17. The Balaban J connectivity index is 1.58. The molecule has 3 rings (SSSR count). The number of anilines is 2. The van der Waals surface area contributed by atoms with Gasteiger partial charge in [-0.3, -0.25) is 14.4 Å². The maximum Gasteiger partial charge on any atom is 0.240 e. The molecule has 1 fully saturated rings. The minimum Gasteiger partial charge on any atom is -0.376 e. The summed E-state index contributed by atoms with van der Waals surface area (Å²) in [5.74, 6) is -1.20. The predicted octanol–water partition coefficient (Wildman–Crippen LogP) is 2.27. The molecule has 9 heteroatoms. The number of aromatic nitrogens is 1. The predicted molar refractivity (Wildman–Crippen MR) is 113 cm³/mol. The van der Waals surface area contributed by atoms with E-state index < -0.39 is 11.7 Å². The Morgan fingerprint density at radius 3 is 2.58 bits per heavy atom. The van der Waals surface area contributed by atoms with Crippen LogP contribution in [-0.4, -0.2) is 48.5 Å². The molecule has 2 aromatic rings. The van der Waals surface area contributed by atoms with E-state index in [1.54, 1.807) is 24.4 Å². The minimum atomic E-state index is -0.450. The van der Waals surface area contributed by atoms with Crippen molar-refractivity contribution in [2.75, 3.05) is 29.9 Å². The number of benzene rings is 1. The number of rotatable bonds is 9. The quantitative estimate of drug-likeness (QED) is 0.638. The van der Waals surface area contributed by atoms with Crippen molar-refractivity contribution in [3.05, 3.63) is 54.5 Å². The molecule has 1 unspecified atom stereocenters. The van der Waals surface area contributed by atoms with Gasteiger partial charge in [0.2, 0.25) is 17.7 Å². The molecule has 3 amide bonds. The Morgan fingerprint density at radius 1 is 1.10 bits per heavy atom. The fourth-order valence-corrected chi connectivity index (χ4v) is 3.17. The number of nitrogens with zero attached hydrogens (tertiary/aromatic N) is 2. The van der Waals surface area contributed by atoms with Crippen LogP contribution < -0.4 is 15.5 Å². The lowest BCUT2D eigenvalue weighted by atomic mass is 10.2. The molecule has 1 aromatic carbocycles. The van der Waals surface area contributed by atoms with Gasteiger partial charge in [-0.05, 0) is 49.2 Å². The Hall–Kier alpha value is -3.33. The van der Waals surface area contributed by atoms with Crippen molar-refractivity contribution >= 4 is 29.2 Å². The summed E-state index contributed by atoms with van der Waals surface area (Å²) < 4.78 is 18.8. The van der Waals surface area contributed by atoms with E-state index in [4.69, 9.17) is 4.74 Å². The first-order chi connectivity index (χ1) is 15.0. The van der Waals surface area contributed by atoms with Crippen LogP contribution in [0.15, 0.2) is 48.7 Å². The topological polar surface area (TPSA) is 101 Å². The van der Waals surface area contributed by atoms with Gasteiger partial charge < -0.3 is 20.3 Å². The molecule has 2 N–H and O–H groups in total. The Kier molecular flexibility index (Phi) is 8.05. The second kappa shape index (κ2) is 11.2. The molecule has 1 atom stereocenters. The lowest BCUT2D eigenvalue weighted by Crippen LogP contribution is -2.43. The van der Waals surface area contributed by atoms with Crippen molar-refractivity contribution in [1.82, 2.24) is 10.3 Å². The Bertz CT molecular complexity index is 886. The Labute approximate surface area is 179 Å². The van der Waals surface area contributed by atoms with Gasteiger partial charge in [-0.15, -0.1) is 0 Å². The number of carbonyl (C=O) groups is 3. The molecular formula is C22H25FN4O4. The van der Waals surface area contributed by atoms with Gasteiger partial charge in [0.25, 0.3) is 0 Å². The highest BCUT2D eigenvalue weighted by atomic mass is 19.1. The summed E-state index contributed by atoms with van der Waals surface area (Å²) in [4.78, 5) is 42.6. The molecule has 31 heavy (non-hydrogen) atoms. The largest absolute Gasteiger partial charge is 0.376 e. The minimum absolute atomic E-state index is 0.0192.